The highest BCUT2D eigenvalue weighted by Crippen LogP contribution is 2.10. The van der Waals surface area contributed by atoms with Gasteiger partial charge in [-0.2, -0.15) is 0 Å². The van der Waals surface area contributed by atoms with E-state index < -0.39 is 5.91 Å². The standard InChI is InChI=1S/C10H13N3O2/c11-5-4-9(14)13-8-3-1-2-7(6-8)10(12)15/h1-3,6H,4-5,11H2,(H2,12,15)(H,13,14). The Kier molecular flexibility index (Phi) is 3.82. The van der Waals surface area contributed by atoms with E-state index in [1.165, 1.54) is 6.07 Å². The molecule has 0 fully saturated rings. The van der Waals surface area contributed by atoms with Gasteiger partial charge in [-0.25, -0.2) is 0 Å². The molecular weight excluding hydrogens is 194 g/mol. The van der Waals surface area contributed by atoms with Crippen molar-refractivity contribution < 1.29 is 9.59 Å². The molecule has 5 N–H and O–H groups in total. The Morgan fingerprint density at radius 2 is 2.07 bits per heavy atom. The Morgan fingerprint density at radius 3 is 2.67 bits per heavy atom. The van der Waals surface area contributed by atoms with Crippen molar-refractivity contribution in [1.29, 1.82) is 0 Å². The van der Waals surface area contributed by atoms with Crippen molar-refractivity contribution >= 4 is 17.5 Å². The maximum atomic E-state index is 11.2. The Balaban J connectivity index is 2.73. The number of amides is 2. The molecular formula is C10H13N3O2. The summed E-state index contributed by atoms with van der Waals surface area (Å²) >= 11 is 0. The fraction of sp³-hybridized carbons (Fsp3) is 0.200. The lowest BCUT2D eigenvalue weighted by atomic mass is 10.2. The number of benzene rings is 1. The molecule has 0 aliphatic rings. The van der Waals surface area contributed by atoms with E-state index in [9.17, 15) is 9.59 Å². The van der Waals surface area contributed by atoms with Crippen LogP contribution in [0, 0.1) is 0 Å². The summed E-state index contributed by atoms with van der Waals surface area (Å²) < 4.78 is 0. The van der Waals surface area contributed by atoms with Gasteiger partial charge in [0.1, 0.15) is 0 Å². The van der Waals surface area contributed by atoms with E-state index in [0.29, 0.717) is 17.8 Å². The summed E-state index contributed by atoms with van der Waals surface area (Å²) in [4.78, 5) is 22.0. The Bertz CT molecular complexity index is 377. The van der Waals surface area contributed by atoms with Crippen molar-refractivity contribution in [2.75, 3.05) is 11.9 Å². The van der Waals surface area contributed by atoms with Crippen LogP contribution in [-0.2, 0) is 4.79 Å². The van der Waals surface area contributed by atoms with Crippen molar-refractivity contribution in [1.82, 2.24) is 0 Å². The molecule has 15 heavy (non-hydrogen) atoms. The summed E-state index contributed by atoms with van der Waals surface area (Å²) in [5.41, 5.74) is 11.2. The van der Waals surface area contributed by atoms with Gasteiger partial charge >= 0.3 is 0 Å². The number of nitrogens with one attached hydrogen (secondary N) is 1. The highest BCUT2D eigenvalue weighted by atomic mass is 16.2. The first-order valence-electron chi connectivity index (χ1n) is 4.53. The summed E-state index contributed by atoms with van der Waals surface area (Å²) in [5.74, 6) is -0.705. The molecule has 5 heteroatoms. The average Bonchev–Trinajstić information content (AvgIpc) is 2.18. The molecule has 0 aromatic heterocycles. The fourth-order valence-corrected chi connectivity index (χ4v) is 1.10. The SMILES string of the molecule is NCCC(=O)Nc1cccc(C(N)=O)c1. The maximum absolute atomic E-state index is 11.2. The minimum absolute atomic E-state index is 0.181. The third-order valence-corrected chi connectivity index (χ3v) is 1.80. The van der Waals surface area contributed by atoms with E-state index in [1.807, 2.05) is 0 Å². The molecule has 0 saturated carbocycles. The second kappa shape index (κ2) is 5.11. The van der Waals surface area contributed by atoms with E-state index in [-0.39, 0.29) is 12.3 Å². The third kappa shape index (κ3) is 3.40. The van der Waals surface area contributed by atoms with Crippen LogP contribution in [0.25, 0.3) is 0 Å². The first-order valence-corrected chi connectivity index (χ1v) is 4.53. The van der Waals surface area contributed by atoms with Gasteiger partial charge in [0, 0.05) is 24.2 Å². The van der Waals surface area contributed by atoms with E-state index in [1.54, 1.807) is 18.2 Å². The monoisotopic (exact) mass is 207 g/mol. The molecule has 0 aliphatic heterocycles. The van der Waals surface area contributed by atoms with Crippen LogP contribution in [0.1, 0.15) is 16.8 Å². The lowest BCUT2D eigenvalue weighted by Crippen LogP contribution is -2.17. The predicted octanol–water partition coefficient (Wildman–Crippen LogP) is 0.0728. The number of carbonyl (C=O) groups excluding carboxylic acids is 2. The maximum Gasteiger partial charge on any atom is 0.248 e. The number of hydrogen-bond acceptors (Lipinski definition) is 3. The summed E-state index contributed by atoms with van der Waals surface area (Å²) in [6.45, 7) is 0.293. The largest absolute Gasteiger partial charge is 0.366 e. The van der Waals surface area contributed by atoms with Crippen molar-refractivity contribution in [2.24, 2.45) is 11.5 Å². The summed E-state index contributed by atoms with van der Waals surface area (Å²) in [7, 11) is 0. The lowest BCUT2D eigenvalue weighted by molar-refractivity contribution is -0.116. The molecule has 0 heterocycles. The normalized spacial score (nSPS) is 9.67. The van der Waals surface area contributed by atoms with Crippen molar-refractivity contribution in [2.45, 2.75) is 6.42 Å². The van der Waals surface area contributed by atoms with E-state index in [2.05, 4.69) is 5.32 Å². The first kappa shape index (κ1) is 11.2. The molecule has 0 spiro atoms. The second-order valence-electron chi connectivity index (χ2n) is 3.03. The van der Waals surface area contributed by atoms with Gasteiger partial charge in [0.05, 0.1) is 0 Å². The van der Waals surface area contributed by atoms with Crippen molar-refractivity contribution in [3.8, 4) is 0 Å². The van der Waals surface area contributed by atoms with Crippen LogP contribution >= 0.6 is 0 Å². The molecule has 0 atom stereocenters. The molecule has 0 bridgehead atoms. The van der Waals surface area contributed by atoms with Crippen LogP contribution in [0.2, 0.25) is 0 Å². The van der Waals surface area contributed by atoms with Crippen LogP contribution in [0.15, 0.2) is 24.3 Å². The zero-order valence-electron chi connectivity index (χ0n) is 8.19. The molecule has 0 aliphatic carbocycles. The van der Waals surface area contributed by atoms with Crippen molar-refractivity contribution in [3.05, 3.63) is 29.8 Å². The van der Waals surface area contributed by atoms with Gasteiger partial charge in [0.2, 0.25) is 11.8 Å². The molecule has 1 aromatic rings. The molecule has 1 rings (SSSR count). The summed E-state index contributed by atoms with van der Waals surface area (Å²) in [5, 5.41) is 2.61. The van der Waals surface area contributed by atoms with Gasteiger partial charge < -0.3 is 16.8 Å². The van der Waals surface area contributed by atoms with Crippen LogP contribution < -0.4 is 16.8 Å². The van der Waals surface area contributed by atoms with Crippen molar-refractivity contribution in [3.63, 3.8) is 0 Å². The minimum Gasteiger partial charge on any atom is -0.366 e. The van der Waals surface area contributed by atoms with Gasteiger partial charge in [-0.3, -0.25) is 9.59 Å². The summed E-state index contributed by atoms with van der Waals surface area (Å²) in [6.07, 6.45) is 0.251. The molecule has 2 amide bonds. The first-order chi connectivity index (χ1) is 7.13. The molecule has 0 radical (unpaired) electrons. The van der Waals surface area contributed by atoms with Gasteiger partial charge in [-0.15, -0.1) is 0 Å². The lowest BCUT2D eigenvalue weighted by Gasteiger charge is -2.04. The van der Waals surface area contributed by atoms with Gasteiger partial charge in [0.25, 0.3) is 0 Å². The van der Waals surface area contributed by atoms with Gasteiger partial charge in [-0.1, -0.05) is 6.07 Å². The van der Waals surface area contributed by atoms with Crippen LogP contribution in [0.3, 0.4) is 0 Å². The molecule has 0 unspecified atom stereocenters. The number of hydrogen-bond donors (Lipinski definition) is 3. The third-order valence-electron chi connectivity index (χ3n) is 1.80. The summed E-state index contributed by atoms with van der Waals surface area (Å²) in [6, 6.07) is 6.44. The zero-order chi connectivity index (χ0) is 11.3. The topological polar surface area (TPSA) is 98.2 Å². The van der Waals surface area contributed by atoms with Crippen LogP contribution in [0.4, 0.5) is 5.69 Å². The number of nitrogens with two attached hydrogens (primary N) is 2. The number of primary amides is 1. The van der Waals surface area contributed by atoms with Crippen LogP contribution in [-0.4, -0.2) is 18.4 Å². The van der Waals surface area contributed by atoms with E-state index in [0.717, 1.165) is 0 Å². The Labute approximate surface area is 87.4 Å². The average molecular weight is 207 g/mol. The quantitative estimate of drug-likeness (QED) is 0.651. The number of carbonyl (C=O) groups is 2. The molecule has 5 nitrogen and oxygen atoms in total. The zero-order valence-corrected chi connectivity index (χ0v) is 8.19. The van der Waals surface area contributed by atoms with Gasteiger partial charge in [0.15, 0.2) is 0 Å². The number of anilines is 1. The van der Waals surface area contributed by atoms with E-state index in [4.69, 9.17) is 11.5 Å². The minimum atomic E-state index is -0.523. The molecule has 0 saturated heterocycles. The number of rotatable bonds is 4. The Morgan fingerprint density at radius 1 is 1.33 bits per heavy atom. The van der Waals surface area contributed by atoms with E-state index >= 15 is 0 Å². The molecule has 80 valence electrons. The second-order valence-corrected chi connectivity index (χ2v) is 3.03. The predicted molar refractivity (Wildman–Crippen MR) is 57.3 cm³/mol. The van der Waals surface area contributed by atoms with Gasteiger partial charge in [-0.05, 0) is 18.2 Å². The highest BCUT2D eigenvalue weighted by molar-refractivity contribution is 5.96. The van der Waals surface area contributed by atoms with Crippen LogP contribution in [0.5, 0.6) is 0 Å². The Hall–Kier alpha value is -1.88. The molecule has 1 aromatic carbocycles. The highest BCUT2D eigenvalue weighted by Gasteiger charge is 2.03. The smallest absolute Gasteiger partial charge is 0.248 e. The fourth-order valence-electron chi connectivity index (χ4n) is 1.10.